The highest BCUT2D eigenvalue weighted by Gasteiger charge is 2.35. The number of ether oxygens (including phenoxy) is 1. The van der Waals surface area contributed by atoms with Crippen molar-refractivity contribution in [1.29, 1.82) is 0 Å². The first-order valence-corrected chi connectivity index (χ1v) is 5.90. The number of benzene rings is 1. The van der Waals surface area contributed by atoms with Gasteiger partial charge in [-0.3, -0.25) is 4.79 Å². The lowest BCUT2D eigenvalue weighted by molar-refractivity contribution is -0.275. The minimum Gasteiger partial charge on any atom is -0.405 e. The average Bonchev–Trinajstić information content (AvgIpc) is 2.24. The van der Waals surface area contributed by atoms with Crippen LogP contribution in [0.4, 0.5) is 22.0 Å². The monoisotopic (exact) mass is 346 g/mol. The maximum atomic E-state index is 12.9. The van der Waals surface area contributed by atoms with E-state index in [9.17, 15) is 26.7 Å². The van der Waals surface area contributed by atoms with E-state index in [0.29, 0.717) is 0 Å². The standard InChI is InChI=1S/C11H8BrF5O2/c1-5(12)9(18)6-3-2-4-7(8(6)10(13)14)19-11(15,16)17/h2-5,10H,1H3. The maximum absolute atomic E-state index is 12.9. The van der Waals surface area contributed by atoms with Crippen molar-refractivity contribution >= 4 is 21.7 Å². The second-order valence-electron chi connectivity index (χ2n) is 3.55. The lowest BCUT2D eigenvalue weighted by Gasteiger charge is -2.16. The van der Waals surface area contributed by atoms with Crippen LogP contribution >= 0.6 is 15.9 Å². The van der Waals surface area contributed by atoms with Crippen molar-refractivity contribution < 1.29 is 31.5 Å². The Kier molecular flexibility index (Phi) is 4.89. The molecule has 0 fully saturated rings. The molecule has 106 valence electrons. The molecule has 1 aromatic rings. The van der Waals surface area contributed by atoms with Crippen molar-refractivity contribution in [3.8, 4) is 5.75 Å². The van der Waals surface area contributed by atoms with Gasteiger partial charge in [-0.2, -0.15) is 0 Å². The molecule has 0 aliphatic heterocycles. The maximum Gasteiger partial charge on any atom is 0.573 e. The van der Waals surface area contributed by atoms with E-state index in [-0.39, 0.29) is 0 Å². The molecule has 0 N–H and O–H groups in total. The van der Waals surface area contributed by atoms with Gasteiger partial charge in [0.15, 0.2) is 5.78 Å². The Morgan fingerprint density at radius 2 is 1.89 bits per heavy atom. The Morgan fingerprint density at radius 3 is 2.32 bits per heavy atom. The molecule has 8 heteroatoms. The topological polar surface area (TPSA) is 26.3 Å². The Bertz CT molecular complexity index is 471. The molecule has 2 nitrogen and oxygen atoms in total. The Hall–Kier alpha value is -1.18. The van der Waals surface area contributed by atoms with Gasteiger partial charge in [0.25, 0.3) is 6.43 Å². The summed E-state index contributed by atoms with van der Waals surface area (Å²) in [7, 11) is 0. The van der Waals surface area contributed by atoms with Crippen LogP contribution in [0.15, 0.2) is 18.2 Å². The molecule has 0 spiro atoms. The first kappa shape index (κ1) is 15.9. The minimum atomic E-state index is -5.11. The molecular weight excluding hydrogens is 339 g/mol. The first-order chi connectivity index (χ1) is 8.63. The van der Waals surface area contributed by atoms with Crippen LogP contribution in [0.1, 0.15) is 29.3 Å². The summed E-state index contributed by atoms with van der Waals surface area (Å²) in [6, 6.07) is 2.82. The zero-order valence-electron chi connectivity index (χ0n) is 9.47. The Morgan fingerprint density at radius 1 is 1.32 bits per heavy atom. The predicted molar refractivity (Wildman–Crippen MR) is 60.8 cm³/mol. The largest absolute Gasteiger partial charge is 0.573 e. The molecule has 1 rings (SSSR count). The van der Waals surface area contributed by atoms with Crippen LogP contribution in [0, 0.1) is 0 Å². The van der Waals surface area contributed by atoms with E-state index in [0.717, 1.165) is 18.2 Å². The van der Waals surface area contributed by atoms with Gasteiger partial charge < -0.3 is 4.74 Å². The van der Waals surface area contributed by atoms with Gasteiger partial charge in [-0.25, -0.2) is 8.78 Å². The molecule has 0 saturated heterocycles. The number of hydrogen-bond acceptors (Lipinski definition) is 2. The summed E-state index contributed by atoms with van der Waals surface area (Å²) in [5.41, 5.74) is -1.56. The number of carbonyl (C=O) groups excluding carboxylic acids is 1. The van der Waals surface area contributed by atoms with Gasteiger partial charge in [0.1, 0.15) is 5.75 Å². The molecule has 0 saturated carbocycles. The highest BCUT2D eigenvalue weighted by atomic mass is 79.9. The summed E-state index contributed by atoms with van der Waals surface area (Å²) >= 11 is 2.89. The number of alkyl halides is 6. The highest BCUT2D eigenvalue weighted by molar-refractivity contribution is 9.10. The van der Waals surface area contributed by atoms with Crippen molar-refractivity contribution in [2.75, 3.05) is 0 Å². The highest BCUT2D eigenvalue weighted by Crippen LogP contribution is 2.36. The Labute approximate surface area is 113 Å². The summed E-state index contributed by atoms with van der Waals surface area (Å²) in [4.78, 5) is 10.9. The third-order valence-electron chi connectivity index (χ3n) is 2.14. The summed E-state index contributed by atoms with van der Waals surface area (Å²) in [5, 5.41) is 0. The molecule has 19 heavy (non-hydrogen) atoms. The molecule has 0 aliphatic carbocycles. The van der Waals surface area contributed by atoms with E-state index >= 15 is 0 Å². The third-order valence-corrected chi connectivity index (χ3v) is 2.55. The average molecular weight is 347 g/mol. The quantitative estimate of drug-likeness (QED) is 0.456. The lowest BCUT2D eigenvalue weighted by Crippen LogP contribution is -2.20. The third kappa shape index (κ3) is 4.15. The van der Waals surface area contributed by atoms with Crippen molar-refractivity contribution in [2.24, 2.45) is 0 Å². The Balaban J connectivity index is 3.34. The summed E-state index contributed by atoms with van der Waals surface area (Å²) in [6.07, 6.45) is -8.37. The van der Waals surface area contributed by atoms with Crippen molar-refractivity contribution in [3.05, 3.63) is 29.3 Å². The fraction of sp³-hybridized carbons (Fsp3) is 0.364. The molecule has 0 amide bonds. The minimum absolute atomic E-state index is 0.499. The zero-order chi connectivity index (χ0) is 14.8. The number of hydrogen-bond donors (Lipinski definition) is 0. The summed E-state index contributed by atoms with van der Waals surface area (Å²) in [6.45, 7) is 1.38. The van der Waals surface area contributed by atoms with Crippen molar-refractivity contribution in [2.45, 2.75) is 24.5 Å². The molecule has 1 unspecified atom stereocenters. The number of ketones is 1. The normalized spacial score (nSPS) is 13.5. The molecule has 1 atom stereocenters. The molecule has 0 aliphatic rings. The van der Waals surface area contributed by atoms with Gasteiger partial charge >= 0.3 is 6.36 Å². The van der Waals surface area contributed by atoms with E-state index in [2.05, 4.69) is 20.7 Å². The van der Waals surface area contributed by atoms with Crippen molar-refractivity contribution in [3.63, 3.8) is 0 Å². The molecule has 1 aromatic carbocycles. The molecule has 0 aromatic heterocycles. The van der Waals surface area contributed by atoms with E-state index in [1.54, 1.807) is 0 Å². The van der Waals surface area contributed by atoms with E-state index < -0.39 is 40.3 Å². The van der Waals surface area contributed by atoms with Crippen LogP contribution < -0.4 is 4.74 Å². The van der Waals surface area contributed by atoms with Gasteiger partial charge in [0.05, 0.1) is 10.4 Å². The smallest absolute Gasteiger partial charge is 0.405 e. The SMILES string of the molecule is CC(Br)C(=O)c1cccc(OC(F)(F)F)c1C(F)F. The van der Waals surface area contributed by atoms with Crippen LogP contribution in [0.2, 0.25) is 0 Å². The van der Waals surface area contributed by atoms with Gasteiger partial charge in [0, 0.05) is 5.56 Å². The first-order valence-electron chi connectivity index (χ1n) is 4.98. The lowest BCUT2D eigenvalue weighted by atomic mass is 10.0. The summed E-state index contributed by atoms with van der Waals surface area (Å²) < 4.78 is 65.6. The number of halogens is 6. The number of carbonyl (C=O) groups is 1. The molecule has 0 bridgehead atoms. The van der Waals surface area contributed by atoms with Crippen LogP contribution in [-0.2, 0) is 0 Å². The van der Waals surface area contributed by atoms with Gasteiger partial charge in [-0.05, 0) is 13.0 Å². The number of rotatable bonds is 4. The second-order valence-corrected chi connectivity index (χ2v) is 4.92. The molecular formula is C11H8BrF5O2. The van der Waals surface area contributed by atoms with E-state index in [1.807, 2.05) is 0 Å². The van der Waals surface area contributed by atoms with Crippen molar-refractivity contribution in [1.82, 2.24) is 0 Å². The van der Waals surface area contributed by atoms with Gasteiger partial charge in [-0.1, -0.05) is 28.1 Å². The zero-order valence-corrected chi connectivity index (χ0v) is 11.1. The fourth-order valence-corrected chi connectivity index (χ4v) is 1.66. The van der Waals surface area contributed by atoms with Crippen LogP contribution in [-0.4, -0.2) is 17.0 Å². The number of Topliss-reactive ketones (excluding diaryl/α,β-unsaturated/α-hetero) is 1. The van der Waals surface area contributed by atoms with E-state index in [1.165, 1.54) is 6.92 Å². The van der Waals surface area contributed by atoms with E-state index in [4.69, 9.17) is 0 Å². The van der Waals surface area contributed by atoms with Crippen LogP contribution in [0.5, 0.6) is 5.75 Å². The van der Waals surface area contributed by atoms with Crippen LogP contribution in [0.25, 0.3) is 0 Å². The predicted octanol–water partition coefficient (Wildman–Crippen LogP) is 4.49. The van der Waals surface area contributed by atoms with Gasteiger partial charge in [0.2, 0.25) is 0 Å². The molecule has 0 radical (unpaired) electrons. The summed E-state index contributed by atoms with van der Waals surface area (Å²) in [5.74, 6) is -1.82. The fourth-order valence-electron chi connectivity index (χ4n) is 1.41. The molecule has 0 heterocycles. The van der Waals surface area contributed by atoms with Crippen LogP contribution in [0.3, 0.4) is 0 Å². The second kappa shape index (κ2) is 5.85. The van der Waals surface area contributed by atoms with Gasteiger partial charge in [-0.15, -0.1) is 13.2 Å².